The number of halogens is 1. The second-order valence-electron chi connectivity index (χ2n) is 7.58. The van der Waals surface area contributed by atoms with Gasteiger partial charge in [-0.05, 0) is 73.5 Å². The van der Waals surface area contributed by atoms with Crippen molar-refractivity contribution in [2.45, 2.75) is 45.3 Å². The van der Waals surface area contributed by atoms with Crippen LogP contribution in [0, 0.1) is 11.8 Å². The molecule has 6 heteroatoms. The van der Waals surface area contributed by atoms with Crippen LogP contribution in [0.2, 0.25) is 0 Å². The first-order valence-electron chi connectivity index (χ1n) is 8.16. The summed E-state index contributed by atoms with van der Waals surface area (Å²) in [6.45, 7) is 7.35. The van der Waals surface area contributed by atoms with Crippen molar-refractivity contribution in [3.63, 3.8) is 0 Å². The molecule has 2 aliphatic rings. The highest BCUT2D eigenvalue weighted by molar-refractivity contribution is 9.10. The minimum Gasteiger partial charge on any atom is -0.444 e. The van der Waals surface area contributed by atoms with Gasteiger partial charge in [-0.3, -0.25) is 0 Å². The number of carbonyl (C=O) groups is 1. The van der Waals surface area contributed by atoms with Gasteiger partial charge in [0.1, 0.15) is 11.4 Å². The van der Waals surface area contributed by atoms with Crippen molar-refractivity contribution in [3.05, 3.63) is 22.8 Å². The van der Waals surface area contributed by atoms with Crippen molar-refractivity contribution in [1.82, 2.24) is 9.88 Å². The molecule has 2 heterocycles. The number of likely N-dealkylation sites (tertiary alicyclic amines) is 1. The standard InChI is InChI=1S/C17H24BrN3O2/c1-17(2,3)23-16(22)21-9-11-6-14(7-12(11)10-21)20-15-5-4-13(18)8-19-15/h4-5,8,11-12,14H,6-7,9-10H2,1-3H3,(H,19,20)/t11-,12+,14?. The van der Waals surface area contributed by atoms with Crippen LogP contribution in [-0.4, -0.2) is 40.7 Å². The van der Waals surface area contributed by atoms with Crippen molar-refractivity contribution in [1.29, 1.82) is 0 Å². The molecule has 1 aliphatic carbocycles. The number of fused-ring (bicyclic) bond motifs is 1. The number of aromatic nitrogens is 1. The average molecular weight is 382 g/mol. The van der Waals surface area contributed by atoms with Crippen LogP contribution in [0.5, 0.6) is 0 Å². The van der Waals surface area contributed by atoms with Crippen LogP contribution in [0.25, 0.3) is 0 Å². The third-order valence-corrected chi connectivity index (χ3v) is 4.95. The van der Waals surface area contributed by atoms with Crippen molar-refractivity contribution in [2.24, 2.45) is 11.8 Å². The van der Waals surface area contributed by atoms with Crippen LogP contribution in [0.15, 0.2) is 22.8 Å². The third kappa shape index (κ3) is 4.16. The minimum atomic E-state index is -0.424. The Labute approximate surface area is 145 Å². The van der Waals surface area contributed by atoms with Crippen LogP contribution < -0.4 is 5.32 Å². The second kappa shape index (κ2) is 6.30. The van der Waals surface area contributed by atoms with E-state index in [9.17, 15) is 4.79 Å². The number of pyridine rings is 1. The van der Waals surface area contributed by atoms with Gasteiger partial charge < -0.3 is 15.0 Å². The molecule has 5 nitrogen and oxygen atoms in total. The molecule has 0 bridgehead atoms. The van der Waals surface area contributed by atoms with Gasteiger partial charge in [0.25, 0.3) is 0 Å². The zero-order valence-corrected chi connectivity index (χ0v) is 15.5. The third-order valence-electron chi connectivity index (χ3n) is 4.48. The fourth-order valence-electron chi connectivity index (χ4n) is 3.56. The normalized spacial score (nSPS) is 27.0. The highest BCUT2D eigenvalue weighted by atomic mass is 79.9. The second-order valence-corrected chi connectivity index (χ2v) is 8.50. The molecule has 126 valence electrons. The van der Waals surface area contributed by atoms with Gasteiger partial charge >= 0.3 is 6.09 Å². The molecule has 1 amide bonds. The summed E-state index contributed by atoms with van der Waals surface area (Å²) >= 11 is 3.40. The number of nitrogens with one attached hydrogen (secondary N) is 1. The largest absolute Gasteiger partial charge is 0.444 e. The first-order chi connectivity index (χ1) is 10.8. The van der Waals surface area contributed by atoms with Gasteiger partial charge in [-0.2, -0.15) is 0 Å². The number of hydrogen-bond donors (Lipinski definition) is 1. The lowest BCUT2D eigenvalue weighted by Crippen LogP contribution is -2.36. The summed E-state index contributed by atoms with van der Waals surface area (Å²) < 4.78 is 6.46. The van der Waals surface area contributed by atoms with Gasteiger partial charge in [-0.15, -0.1) is 0 Å². The Kier molecular flexibility index (Phi) is 4.54. The lowest BCUT2D eigenvalue weighted by atomic mass is 10.0. The van der Waals surface area contributed by atoms with Gasteiger partial charge in [0.2, 0.25) is 0 Å². The molecule has 0 radical (unpaired) electrons. The molecule has 1 aliphatic heterocycles. The topological polar surface area (TPSA) is 54.5 Å². The van der Waals surface area contributed by atoms with Crippen molar-refractivity contribution in [2.75, 3.05) is 18.4 Å². The van der Waals surface area contributed by atoms with E-state index in [1.54, 1.807) is 0 Å². The molecule has 0 spiro atoms. The number of rotatable bonds is 2. The quantitative estimate of drug-likeness (QED) is 0.843. The Bertz CT molecular complexity index is 556. The summed E-state index contributed by atoms with van der Waals surface area (Å²) in [5, 5.41) is 3.51. The fraction of sp³-hybridized carbons (Fsp3) is 0.647. The fourth-order valence-corrected chi connectivity index (χ4v) is 3.80. The van der Waals surface area contributed by atoms with Gasteiger partial charge in [0.15, 0.2) is 0 Å². The van der Waals surface area contributed by atoms with E-state index in [1.165, 1.54) is 0 Å². The minimum absolute atomic E-state index is 0.175. The van der Waals surface area contributed by atoms with Crippen molar-refractivity contribution < 1.29 is 9.53 Å². The lowest BCUT2D eigenvalue weighted by molar-refractivity contribution is 0.0280. The number of amides is 1. The molecule has 0 aromatic carbocycles. The molecule has 1 aromatic rings. The SMILES string of the molecule is CC(C)(C)OC(=O)N1C[C@H]2CC(Nc3ccc(Br)cn3)C[C@H]2C1. The average Bonchev–Trinajstić information content (AvgIpc) is 2.97. The van der Waals surface area contributed by atoms with Crippen LogP contribution in [-0.2, 0) is 4.74 Å². The molecular formula is C17H24BrN3O2. The number of anilines is 1. The zero-order valence-electron chi connectivity index (χ0n) is 13.9. The van der Waals surface area contributed by atoms with Gasteiger partial charge in [0, 0.05) is 29.8 Å². The molecule has 23 heavy (non-hydrogen) atoms. The van der Waals surface area contributed by atoms with Gasteiger partial charge in [-0.1, -0.05) is 0 Å². The van der Waals surface area contributed by atoms with Crippen LogP contribution in [0.1, 0.15) is 33.6 Å². The smallest absolute Gasteiger partial charge is 0.410 e. The summed E-state index contributed by atoms with van der Waals surface area (Å²) in [5.74, 6) is 2.05. The Morgan fingerprint density at radius 2 is 1.96 bits per heavy atom. The number of carbonyl (C=O) groups excluding carboxylic acids is 1. The predicted molar refractivity (Wildman–Crippen MR) is 93.4 cm³/mol. The molecule has 1 unspecified atom stereocenters. The maximum Gasteiger partial charge on any atom is 0.410 e. The predicted octanol–water partition coefficient (Wildman–Crippen LogP) is 3.90. The van der Waals surface area contributed by atoms with E-state index >= 15 is 0 Å². The molecule has 3 rings (SSSR count). The lowest BCUT2D eigenvalue weighted by Gasteiger charge is -2.25. The van der Waals surface area contributed by atoms with E-state index in [2.05, 4.69) is 26.2 Å². The molecule has 1 N–H and O–H groups in total. The summed E-state index contributed by atoms with van der Waals surface area (Å²) in [7, 11) is 0. The summed E-state index contributed by atoms with van der Waals surface area (Å²) in [4.78, 5) is 18.4. The monoisotopic (exact) mass is 381 g/mol. The molecule has 1 aromatic heterocycles. The molecule has 3 atom stereocenters. The molecular weight excluding hydrogens is 358 g/mol. The van der Waals surface area contributed by atoms with E-state index in [0.717, 1.165) is 36.2 Å². The molecule has 1 saturated heterocycles. The highest BCUT2D eigenvalue weighted by Gasteiger charge is 2.43. The van der Waals surface area contributed by atoms with Crippen LogP contribution in [0.3, 0.4) is 0 Å². The first-order valence-corrected chi connectivity index (χ1v) is 8.95. The Hall–Kier alpha value is -1.30. The Balaban J connectivity index is 1.51. The van der Waals surface area contributed by atoms with Gasteiger partial charge in [-0.25, -0.2) is 9.78 Å². The first kappa shape index (κ1) is 16.6. The van der Waals surface area contributed by atoms with E-state index in [0.29, 0.717) is 17.9 Å². The van der Waals surface area contributed by atoms with E-state index in [-0.39, 0.29) is 6.09 Å². The van der Waals surface area contributed by atoms with E-state index in [1.807, 2.05) is 44.0 Å². The number of nitrogens with zero attached hydrogens (tertiary/aromatic N) is 2. The van der Waals surface area contributed by atoms with Crippen LogP contribution in [0.4, 0.5) is 10.6 Å². The van der Waals surface area contributed by atoms with Crippen molar-refractivity contribution in [3.8, 4) is 0 Å². The maximum atomic E-state index is 12.2. The number of hydrogen-bond acceptors (Lipinski definition) is 4. The van der Waals surface area contributed by atoms with E-state index < -0.39 is 5.60 Å². The number of ether oxygens (including phenoxy) is 1. The molecule has 1 saturated carbocycles. The van der Waals surface area contributed by atoms with Gasteiger partial charge in [0.05, 0.1) is 0 Å². The summed E-state index contributed by atoms with van der Waals surface area (Å²) in [6.07, 6.45) is 3.80. The molecule has 2 fully saturated rings. The summed E-state index contributed by atoms with van der Waals surface area (Å²) in [5.41, 5.74) is -0.424. The Morgan fingerprint density at radius 3 is 2.48 bits per heavy atom. The maximum absolute atomic E-state index is 12.2. The Morgan fingerprint density at radius 1 is 1.30 bits per heavy atom. The van der Waals surface area contributed by atoms with Crippen LogP contribution >= 0.6 is 15.9 Å². The van der Waals surface area contributed by atoms with E-state index in [4.69, 9.17) is 4.74 Å². The van der Waals surface area contributed by atoms with Crippen molar-refractivity contribution >= 4 is 27.8 Å². The summed E-state index contributed by atoms with van der Waals surface area (Å²) in [6, 6.07) is 4.43. The zero-order chi connectivity index (χ0) is 16.6. The highest BCUT2D eigenvalue weighted by Crippen LogP contribution is 2.39.